The van der Waals surface area contributed by atoms with Crippen molar-refractivity contribution in [2.75, 3.05) is 6.54 Å². The average Bonchev–Trinajstić information content (AvgIpc) is 2.25. The summed E-state index contributed by atoms with van der Waals surface area (Å²) in [5, 5.41) is 2.64. The molecule has 0 saturated carbocycles. The van der Waals surface area contributed by atoms with E-state index in [1.165, 1.54) is 6.07 Å². The van der Waals surface area contributed by atoms with E-state index < -0.39 is 0 Å². The highest BCUT2D eigenvalue weighted by Gasteiger charge is 2.03. The van der Waals surface area contributed by atoms with Crippen molar-refractivity contribution < 1.29 is 9.18 Å². The number of halogens is 1. The first kappa shape index (κ1) is 11.7. The Morgan fingerprint density at radius 1 is 1.40 bits per heavy atom. The third-order valence-corrected chi connectivity index (χ3v) is 2.04. The third-order valence-electron chi connectivity index (χ3n) is 2.04. The van der Waals surface area contributed by atoms with Gasteiger partial charge in [0, 0.05) is 18.5 Å². The van der Waals surface area contributed by atoms with Gasteiger partial charge in [0.2, 0.25) is 5.91 Å². The lowest BCUT2D eigenvalue weighted by Gasteiger charge is -2.05. The van der Waals surface area contributed by atoms with E-state index in [4.69, 9.17) is 5.73 Å². The van der Waals surface area contributed by atoms with Crippen molar-refractivity contribution in [3.05, 3.63) is 35.6 Å². The van der Waals surface area contributed by atoms with Crippen LogP contribution in [0.15, 0.2) is 24.3 Å². The largest absolute Gasteiger partial charge is 0.352 e. The molecule has 1 aromatic rings. The number of nitrogens with one attached hydrogen (secondary N) is 1. The number of rotatable bonds is 5. The summed E-state index contributed by atoms with van der Waals surface area (Å²) in [5.41, 5.74) is 5.77. The number of nitrogens with two attached hydrogens (primary N) is 1. The molecular formula is C11H15FN2O. The van der Waals surface area contributed by atoms with Gasteiger partial charge in [-0.15, -0.1) is 0 Å². The fraction of sp³-hybridized carbons (Fsp3) is 0.364. The fourth-order valence-electron chi connectivity index (χ4n) is 1.19. The Hall–Kier alpha value is -1.42. The van der Waals surface area contributed by atoms with Gasteiger partial charge >= 0.3 is 0 Å². The van der Waals surface area contributed by atoms with Crippen LogP contribution >= 0.6 is 0 Å². The van der Waals surface area contributed by atoms with Gasteiger partial charge in [0.1, 0.15) is 5.82 Å². The summed E-state index contributed by atoms with van der Waals surface area (Å²) >= 11 is 0. The summed E-state index contributed by atoms with van der Waals surface area (Å²) in [6.07, 6.45) is 1.05. The molecule has 3 nitrogen and oxygen atoms in total. The maximum atomic E-state index is 13.1. The van der Waals surface area contributed by atoms with Crippen molar-refractivity contribution in [1.82, 2.24) is 5.32 Å². The Morgan fingerprint density at radius 3 is 2.80 bits per heavy atom. The molecule has 0 aromatic heterocycles. The second-order valence-electron chi connectivity index (χ2n) is 3.26. The van der Waals surface area contributed by atoms with Crippen LogP contribution in [0, 0.1) is 5.82 Å². The van der Waals surface area contributed by atoms with Crippen molar-refractivity contribution in [1.29, 1.82) is 0 Å². The van der Waals surface area contributed by atoms with Crippen molar-refractivity contribution in [3.63, 3.8) is 0 Å². The Labute approximate surface area is 88.5 Å². The van der Waals surface area contributed by atoms with E-state index in [1.54, 1.807) is 18.2 Å². The predicted molar refractivity (Wildman–Crippen MR) is 56.5 cm³/mol. The Bertz CT molecular complexity index is 328. The number of hydrogen-bond acceptors (Lipinski definition) is 2. The Balaban J connectivity index is 2.37. The van der Waals surface area contributed by atoms with E-state index in [0.717, 1.165) is 0 Å². The summed E-state index contributed by atoms with van der Waals surface area (Å²) in [4.78, 5) is 11.2. The first-order valence-corrected chi connectivity index (χ1v) is 4.94. The van der Waals surface area contributed by atoms with Gasteiger partial charge in [0.15, 0.2) is 0 Å². The highest BCUT2D eigenvalue weighted by molar-refractivity contribution is 5.75. The Morgan fingerprint density at radius 2 is 2.13 bits per heavy atom. The minimum absolute atomic E-state index is 0.0938. The molecule has 0 bridgehead atoms. The van der Waals surface area contributed by atoms with Crippen molar-refractivity contribution in [2.45, 2.75) is 19.4 Å². The van der Waals surface area contributed by atoms with E-state index in [0.29, 0.717) is 24.9 Å². The molecule has 0 radical (unpaired) electrons. The topological polar surface area (TPSA) is 55.1 Å². The molecular weight excluding hydrogens is 195 g/mol. The molecule has 0 aliphatic carbocycles. The SMILES string of the molecule is NCCCC(=O)NCc1ccccc1F. The van der Waals surface area contributed by atoms with Crippen LogP contribution in [0.4, 0.5) is 4.39 Å². The van der Waals surface area contributed by atoms with E-state index in [-0.39, 0.29) is 18.3 Å². The van der Waals surface area contributed by atoms with Crippen molar-refractivity contribution >= 4 is 5.91 Å². The number of carbonyl (C=O) groups is 1. The van der Waals surface area contributed by atoms with Crippen LogP contribution in [-0.4, -0.2) is 12.5 Å². The summed E-state index contributed by atoms with van der Waals surface area (Å²) < 4.78 is 13.1. The number of benzene rings is 1. The van der Waals surface area contributed by atoms with E-state index in [1.807, 2.05) is 0 Å². The van der Waals surface area contributed by atoms with Gasteiger partial charge in [-0.25, -0.2) is 4.39 Å². The van der Waals surface area contributed by atoms with Gasteiger partial charge in [-0.05, 0) is 19.0 Å². The van der Waals surface area contributed by atoms with Crippen LogP contribution in [0.25, 0.3) is 0 Å². The maximum absolute atomic E-state index is 13.1. The molecule has 82 valence electrons. The van der Waals surface area contributed by atoms with Gasteiger partial charge < -0.3 is 11.1 Å². The van der Waals surface area contributed by atoms with Crippen LogP contribution < -0.4 is 11.1 Å². The molecule has 0 aliphatic rings. The predicted octanol–water partition coefficient (Wildman–Crippen LogP) is 1.18. The minimum atomic E-state index is -0.295. The van der Waals surface area contributed by atoms with Crippen LogP contribution in [0.5, 0.6) is 0 Å². The van der Waals surface area contributed by atoms with Gasteiger partial charge in [0.05, 0.1) is 0 Å². The normalized spacial score (nSPS) is 10.0. The van der Waals surface area contributed by atoms with Crippen LogP contribution in [-0.2, 0) is 11.3 Å². The molecule has 3 N–H and O–H groups in total. The second kappa shape index (κ2) is 6.14. The molecule has 1 aromatic carbocycles. The molecule has 0 aliphatic heterocycles. The molecule has 0 heterocycles. The monoisotopic (exact) mass is 210 g/mol. The standard InChI is InChI=1S/C11H15FN2O/c12-10-5-2-1-4-9(10)8-14-11(15)6-3-7-13/h1-2,4-5H,3,6-8,13H2,(H,14,15). The number of amides is 1. The lowest BCUT2D eigenvalue weighted by atomic mass is 10.2. The van der Waals surface area contributed by atoms with Crippen molar-refractivity contribution in [2.24, 2.45) is 5.73 Å². The summed E-state index contributed by atoms with van der Waals surface area (Å²) in [5.74, 6) is -0.389. The molecule has 0 saturated heterocycles. The van der Waals surface area contributed by atoms with E-state index in [9.17, 15) is 9.18 Å². The average molecular weight is 210 g/mol. The minimum Gasteiger partial charge on any atom is -0.352 e. The molecule has 15 heavy (non-hydrogen) atoms. The van der Waals surface area contributed by atoms with E-state index >= 15 is 0 Å². The maximum Gasteiger partial charge on any atom is 0.220 e. The lowest BCUT2D eigenvalue weighted by molar-refractivity contribution is -0.121. The molecule has 0 atom stereocenters. The van der Waals surface area contributed by atoms with Crippen LogP contribution in [0.1, 0.15) is 18.4 Å². The lowest BCUT2D eigenvalue weighted by Crippen LogP contribution is -2.23. The zero-order valence-corrected chi connectivity index (χ0v) is 8.50. The molecule has 1 rings (SSSR count). The summed E-state index contributed by atoms with van der Waals surface area (Å²) in [6, 6.07) is 6.39. The van der Waals surface area contributed by atoms with Gasteiger partial charge in [-0.2, -0.15) is 0 Å². The van der Waals surface area contributed by atoms with Crippen molar-refractivity contribution in [3.8, 4) is 0 Å². The zero-order valence-electron chi connectivity index (χ0n) is 8.50. The quantitative estimate of drug-likeness (QED) is 0.766. The van der Waals surface area contributed by atoms with E-state index in [2.05, 4.69) is 5.32 Å². The third kappa shape index (κ3) is 4.08. The van der Waals surface area contributed by atoms with Crippen LogP contribution in [0.2, 0.25) is 0 Å². The molecule has 0 fully saturated rings. The number of carbonyl (C=O) groups excluding carboxylic acids is 1. The molecule has 0 spiro atoms. The molecule has 0 unspecified atom stereocenters. The fourth-order valence-corrected chi connectivity index (χ4v) is 1.19. The van der Waals surface area contributed by atoms with Gasteiger partial charge in [-0.3, -0.25) is 4.79 Å². The Kier molecular flexibility index (Phi) is 4.77. The van der Waals surface area contributed by atoms with Gasteiger partial charge in [-0.1, -0.05) is 18.2 Å². The second-order valence-corrected chi connectivity index (χ2v) is 3.26. The first-order valence-electron chi connectivity index (χ1n) is 4.94. The summed E-state index contributed by atoms with van der Waals surface area (Å²) in [6.45, 7) is 0.725. The molecule has 4 heteroatoms. The zero-order chi connectivity index (χ0) is 11.1. The molecule has 1 amide bonds. The smallest absolute Gasteiger partial charge is 0.220 e. The first-order chi connectivity index (χ1) is 7.24. The summed E-state index contributed by atoms with van der Waals surface area (Å²) in [7, 11) is 0. The number of hydrogen-bond donors (Lipinski definition) is 2. The van der Waals surface area contributed by atoms with Crippen LogP contribution in [0.3, 0.4) is 0 Å². The highest BCUT2D eigenvalue weighted by Crippen LogP contribution is 2.05. The highest BCUT2D eigenvalue weighted by atomic mass is 19.1. The van der Waals surface area contributed by atoms with Gasteiger partial charge in [0.25, 0.3) is 0 Å².